The highest BCUT2D eigenvalue weighted by Crippen LogP contribution is 2.23. The van der Waals surface area contributed by atoms with Crippen LogP contribution in [0.4, 0.5) is 5.69 Å². The predicted molar refractivity (Wildman–Crippen MR) is 96.0 cm³/mol. The Labute approximate surface area is 155 Å². The number of ether oxygens (including phenoxy) is 1. The van der Waals surface area contributed by atoms with Crippen molar-refractivity contribution in [3.63, 3.8) is 0 Å². The second-order valence-corrected chi connectivity index (χ2v) is 7.79. The van der Waals surface area contributed by atoms with Gasteiger partial charge in [-0.05, 0) is 36.4 Å². The molecule has 0 spiro atoms. The van der Waals surface area contributed by atoms with E-state index in [0.29, 0.717) is 5.69 Å². The van der Waals surface area contributed by atoms with Crippen molar-refractivity contribution < 1.29 is 33.0 Å². The molecule has 144 valence electrons. The number of benzene rings is 2. The van der Waals surface area contributed by atoms with Gasteiger partial charge >= 0.3 is 5.97 Å². The van der Waals surface area contributed by atoms with E-state index < -0.39 is 34.3 Å². The van der Waals surface area contributed by atoms with Gasteiger partial charge in [-0.2, -0.15) is 0 Å². The highest BCUT2D eigenvalue weighted by molar-refractivity contribution is 7.89. The molecule has 1 amide bonds. The van der Waals surface area contributed by atoms with Gasteiger partial charge in [-0.15, -0.1) is 0 Å². The molecule has 0 aliphatic carbocycles. The van der Waals surface area contributed by atoms with E-state index >= 15 is 0 Å². The number of sulfonamides is 1. The van der Waals surface area contributed by atoms with Crippen LogP contribution in [0.2, 0.25) is 0 Å². The lowest BCUT2D eigenvalue weighted by molar-refractivity contribution is -0.119. The molecule has 0 fully saturated rings. The molecule has 0 saturated heterocycles. The number of rotatable bonds is 6. The van der Waals surface area contributed by atoms with Crippen molar-refractivity contribution in [2.24, 2.45) is 0 Å². The first-order valence-corrected chi connectivity index (χ1v) is 9.07. The van der Waals surface area contributed by atoms with E-state index in [9.17, 15) is 28.2 Å². The number of esters is 1. The number of carbonyl (C=O) groups excluding carboxylic acids is 2. The number of nitrogens with zero attached hydrogens (tertiary/aromatic N) is 1. The summed E-state index contributed by atoms with van der Waals surface area (Å²) in [6.07, 6.45) is 0. The lowest BCUT2D eigenvalue weighted by Gasteiger charge is -2.12. The van der Waals surface area contributed by atoms with Gasteiger partial charge in [-0.3, -0.25) is 4.79 Å². The minimum Gasteiger partial charge on any atom is -0.508 e. The van der Waals surface area contributed by atoms with Crippen molar-refractivity contribution in [2.75, 3.05) is 26.0 Å². The molecule has 0 aliphatic rings. The van der Waals surface area contributed by atoms with E-state index in [-0.39, 0.29) is 16.2 Å². The maximum atomic E-state index is 12.0. The molecular weight excluding hydrogens is 376 g/mol. The van der Waals surface area contributed by atoms with Crippen molar-refractivity contribution in [1.29, 1.82) is 0 Å². The molecule has 0 aliphatic heterocycles. The molecule has 0 atom stereocenters. The predicted octanol–water partition coefficient (Wildman–Crippen LogP) is 1.14. The van der Waals surface area contributed by atoms with Gasteiger partial charge in [-0.25, -0.2) is 17.5 Å². The highest BCUT2D eigenvalue weighted by atomic mass is 32.2. The molecule has 2 aromatic carbocycles. The highest BCUT2D eigenvalue weighted by Gasteiger charge is 2.17. The van der Waals surface area contributed by atoms with Gasteiger partial charge in [0, 0.05) is 25.8 Å². The maximum absolute atomic E-state index is 12.0. The largest absolute Gasteiger partial charge is 0.508 e. The average molecular weight is 394 g/mol. The quantitative estimate of drug-likeness (QED) is 0.626. The Morgan fingerprint density at radius 3 is 2.26 bits per heavy atom. The Hall–Kier alpha value is -3.11. The molecule has 0 unspecified atom stereocenters. The Bertz CT molecular complexity index is 954. The van der Waals surface area contributed by atoms with Crippen molar-refractivity contribution in [2.45, 2.75) is 4.90 Å². The number of nitrogens with one attached hydrogen (secondary N) is 1. The summed E-state index contributed by atoms with van der Waals surface area (Å²) in [6.45, 7) is -0.614. The minimum absolute atomic E-state index is 0.0692. The zero-order valence-corrected chi connectivity index (χ0v) is 15.4. The number of aromatic hydroxyl groups is 2. The van der Waals surface area contributed by atoms with Crippen LogP contribution in [0, 0.1) is 0 Å². The van der Waals surface area contributed by atoms with Crippen LogP contribution >= 0.6 is 0 Å². The van der Waals surface area contributed by atoms with Gasteiger partial charge in [0.05, 0.1) is 4.90 Å². The topological polar surface area (TPSA) is 133 Å². The molecule has 9 nitrogen and oxygen atoms in total. The van der Waals surface area contributed by atoms with Crippen LogP contribution in [0.5, 0.6) is 11.5 Å². The smallest absolute Gasteiger partial charge is 0.342 e. The third-order valence-corrected chi connectivity index (χ3v) is 5.28. The molecule has 0 heterocycles. The summed E-state index contributed by atoms with van der Waals surface area (Å²) in [5.74, 6) is -2.28. The first-order chi connectivity index (χ1) is 12.6. The zero-order chi connectivity index (χ0) is 20.2. The Morgan fingerprint density at radius 2 is 1.70 bits per heavy atom. The summed E-state index contributed by atoms with van der Waals surface area (Å²) < 4.78 is 29.8. The van der Waals surface area contributed by atoms with Crippen LogP contribution in [0.1, 0.15) is 10.4 Å². The van der Waals surface area contributed by atoms with E-state index in [2.05, 4.69) is 5.32 Å². The van der Waals surface area contributed by atoms with Gasteiger partial charge in [0.1, 0.15) is 17.1 Å². The molecule has 0 radical (unpaired) electrons. The molecule has 2 rings (SSSR count). The number of hydrogen-bond acceptors (Lipinski definition) is 7. The maximum Gasteiger partial charge on any atom is 0.342 e. The SMILES string of the molecule is CN(C)S(=O)(=O)c1ccc(NC(=O)COC(=O)c2ccc(O)cc2O)cc1. The summed E-state index contributed by atoms with van der Waals surface area (Å²) in [7, 11) is -0.756. The number of anilines is 1. The standard InChI is InChI=1S/C17H18N2O7S/c1-19(2)27(24,25)13-6-3-11(4-7-13)18-16(22)10-26-17(23)14-8-5-12(20)9-15(14)21/h3-9,20-21H,10H2,1-2H3,(H,18,22). The van der Waals surface area contributed by atoms with Gasteiger partial charge < -0.3 is 20.3 Å². The molecule has 27 heavy (non-hydrogen) atoms. The summed E-state index contributed by atoms with van der Waals surface area (Å²) in [5, 5.41) is 21.2. The normalized spacial score (nSPS) is 11.2. The van der Waals surface area contributed by atoms with Gasteiger partial charge in [-0.1, -0.05) is 0 Å². The number of phenols is 2. The molecule has 3 N–H and O–H groups in total. The summed E-state index contributed by atoms with van der Waals surface area (Å²) in [4.78, 5) is 23.8. The molecular formula is C17H18N2O7S. The monoisotopic (exact) mass is 394 g/mol. The van der Waals surface area contributed by atoms with Crippen LogP contribution < -0.4 is 5.32 Å². The van der Waals surface area contributed by atoms with Gasteiger partial charge in [0.2, 0.25) is 10.0 Å². The third-order valence-electron chi connectivity index (χ3n) is 3.45. The Balaban J connectivity index is 1.95. The molecule has 2 aromatic rings. The third kappa shape index (κ3) is 4.96. The van der Waals surface area contributed by atoms with Crippen LogP contribution in [-0.2, 0) is 19.6 Å². The lowest BCUT2D eigenvalue weighted by Crippen LogP contribution is -2.22. The van der Waals surface area contributed by atoms with E-state index in [1.54, 1.807) is 0 Å². The van der Waals surface area contributed by atoms with Gasteiger partial charge in [0.15, 0.2) is 6.61 Å². The number of phenolic OH excluding ortho intramolecular Hbond substituents is 2. The number of carbonyl (C=O) groups is 2. The molecule has 0 saturated carbocycles. The lowest BCUT2D eigenvalue weighted by atomic mass is 10.2. The zero-order valence-electron chi connectivity index (χ0n) is 14.5. The van der Waals surface area contributed by atoms with Crippen molar-refractivity contribution in [3.05, 3.63) is 48.0 Å². The minimum atomic E-state index is -3.57. The fourth-order valence-corrected chi connectivity index (χ4v) is 2.92. The van der Waals surface area contributed by atoms with E-state index in [0.717, 1.165) is 16.4 Å². The van der Waals surface area contributed by atoms with Crippen LogP contribution in [0.3, 0.4) is 0 Å². The second-order valence-electron chi connectivity index (χ2n) is 5.64. The molecule has 10 heteroatoms. The number of hydrogen-bond donors (Lipinski definition) is 3. The van der Waals surface area contributed by atoms with Crippen molar-refractivity contribution in [3.8, 4) is 11.5 Å². The Morgan fingerprint density at radius 1 is 1.07 bits per heavy atom. The number of amides is 1. The van der Waals surface area contributed by atoms with E-state index in [4.69, 9.17) is 4.74 Å². The van der Waals surface area contributed by atoms with E-state index in [1.807, 2.05) is 0 Å². The second kappa shape index (κ2) is 8.06. The van der Waals surface area contributed by atoms with Crippen molar-refractivity contribution >= 4 is 27.6 Å². The Kier molecular flexibility index (Phi) is 6.03. The van der Waals surface area contributed by atoms with Crippen molar-refractivity contribution in [1.82, 2.24) is 4.31 Å². The van der Waals surface area contributed by atoms with E-state index in [1.165, 1.54) is 44.4 Å². The fourth-order valence-electron chi connectivity index (χ4n) is 2.02. The van der Waals surface area contributed by atoms with Crippen LogP contribution in [0.25, 0.3) is 0 Å². The summed E-state index contributed by atoms with van der Waals surface area (Å²) in [5.41, 5.74) is 0.125. The molecule has 0 bridgehead atoms. The average Bonchev–Trinajstić information content (AvgIpc) is 2.60. The fraction of sp³-hybridized carbons (Fsp3) is 0.176. The van der Waals surface area contributed by atoms with Gasteiger partial charge in [0.25, 0.3) is 5.91 Å². The summed E-state index contributed by atoms with van der Waals surface area (Å²) >= 11 is 0. The van der Waals surface area contributed by atoms with Crippen LogP contribution in [0.15, 0.2) is 47.4 Å². The van der Waals surface area contributed by atoms with Crippen LogP contribution in [-0.4, -0.2) is 55.5 Å². The molecule has 0 aromatic heterocycles. The summed E-state index contributed by atoms with van der Waals surface area (Å²) in [6, 6.07) is 8.81. The first-order valence-electron chi connectivity index (χ1n) is 7.63. The first kappa shape index (κ1) is 20.2.